The summed E-state index contributed by atoms with van der Waals surface area (Å²) in [7, 11) is 0. The topological polar surface area (TPSA) is 85.8 Å². The van der Waals surface area contributed by atoms with Crippen LogP contribution in [0.2, 0.25) is 0 Å². The molecule has 2 unspecified atom stereocenters. The van der Waals surface area contributed by atoms with E-state index < -0.39 is 0 Å². The Morgan fingerprint density at radius 3 is 2.52 bits per heavy atom. The first-order chi connectivity index (χ1) is 12.1. The first-order valence-corrected chi connectivity index (χ1v) is 9.15. The molecule has 2 aromatic heterocycles. The molecule has 3 N–H and O–H groups in total. The summed E-state index contributed by atoms with van der Waals surface area (Å²) in [5.74, 6) is 2.67. The molecule has 0 aliphatic heterocycles. The van der Waals surface area contributed by atoms with Crippen LogP contribution in [0, 0.1) is 24.7 Å². The molecule has 2 aliphatic rings. The molecule has 2 saturated carbocycles. The van der Waals surface area contributed by atoms with Gasteiger partial charge >= 0.3 is 0 Å². The lowest BCUT2D eigenvalue weighted by Crippen LogP contribution is -2.48. The number of amides is 1. The van der Waals surface area contributed by atoms with Gasteiger partial charge in [-0.2, -0.15) is 0 Å². The number of rotatable bonds is 3. The quantitative estimate of drug-likeness (QED) is 0.808. The van der Waals surface area contributed by atoms with Crippen LogP contribution in [0.5, 0.6) is 0 Å². The molecule has 1 amide bonds. The number of pyridine rings is 1. The number of aryl methyl sites for hydroxylation is 1. The van der Waals surface area contributed by atoms with Gasteiger partial charge in [0.2, 0.25) is 5.91 Å². The Morgan fingerprint density at radius 1 is 1.19 bits per heavy atom. The third kappa shape index (κ3) is 4.28. The van der Waals surface area contributed by atoms with Gasteiger partial charge in [0.25, 0.3) is 0 Å². The fourth-order valence-corrected chi connectivity index (χ4v) is 4.53. The van der Waals surface area contributed by atoms with Gasteiger partial charge in [-0.25, -0.2) is 9.97 Å². The second-order valence-electron chi connectivity index (χ2n) is 7.41. The molecule has 148 valence electrons. The van der Waals surface area contributed by atoms with E-state index >= 15 is 0 Å². The van der Waals surface area contributed by atoms with E-state index in [1.54, 1.807) is 12.4 Å². The number of hydrogen-bond acceptors (Lipinski definition) is 4. The Bertz CT molecular complexity index is 767. The summed E-state index contributed by atoms with van der Waals surface area (Å²) in [5.41, 5.74) is 7.08. The maximum atomic E-state index is 12.9. The first kappa shape index (κ1) is 21.7. The SMILES string of the molecule is Cc1nccn1-c1ncccc1NC(=O)C1CC2CCCC(C1)C2N.Cl.Cl. The van der Waals surface area contributed by atoms with E-state index in [1.807, 2.05) is 29.8 Å². The van der Waals surface area contributed by atoms with Gasteiger partial charge in [0.1, 0.15) is 5.82 Å². The Morgan fingerprint density at radius 2 is 1.89 bits per heavy atom. The summed E-state index contributed by atoms with van der Waals surface area (Å²) in [5, 5.41) is 3.11. The predicted octanol–water partition coefficient (Wildman–Crippen LogP) is 3.51. The van der Waals surface area contributed by atoms with Gasteiger partial charge in [-0.05, 0) is 56.6 Å². The molecule has 4 rings (SSSR count). The highest BCUT2D eigenvalue weighted by atomic mass is 35.5. The van der Waals surface area contributed by atoms with E-state index in [-0.39, 0.29) is 42.7 Å². The molecule has 0 saturated heterocycles. The fraction of sp³-hybridized carbons (Fsp3) is 0.526. The second kappa shape index (κ2) is 9.04. The molecular weight excluding hydrogens is 385 g/mol. The standard InChI is InChI=1S/C19H25N5O.2ClH/c1-12-21-8-9-24(12)18-16(6-3-7-22-18)23-19(25)15-10-13-4-2-5-14(11-15)17(13)20;;/h3,6-9,13-15,17H,2,4-5,10-11,20H2,1H3,(H,23,25);2*1H. The smallest absolute Gasteiger partial charge is 0.227 e. The Kier molecular flexibility index (Phi) is 7.25. The highest BCUT2D eigenvalue weighted by Crippen LogP contribution is 2.42. The molecular formula is C19H27Cl2N5O. The average Bonchev–Trinajstić information content (AvgIpc) is 3.01. The zero-order valence-electron chi connectivity index (χ0n) is 15.4. The van der Waals surface area contributed by atoms with Crippen molar-refractivity contribution in [3.05, 3.63) is 36.5 Å². The van der Waals surface area contributed by atoms with Crippen LogP contribution in [-0.4, -0.2) is 26.5 Å². The number of nitrogens with two attached hydrogens (primary N) is 1. The van der Waals surface area contributed by atoms with Crippen molar-refractivity contribution < 1.29 is 4.79 Å². The van der Waals surface area contributed by atoms with Crippen LogP contribution < -0.4 is 11.1 Å². The molecule has 8 heteroatoms. The summed E-state index contributed by atoms with van der Waals surface area (Å²) in [6.07, 6.45) is 10.7. The van der Waals surface area contributed by atoms with Crippen LogP contribution in [0.15, 0.2) is 30.7 Å². The number of carbonyl (C=O) groups is 1. The molecule has 0 radical (unpaired) electrons. The number of hydrogen-bond donors (Lipinski definition) is 2. The first-order valence-electron chi connectivity index (χ1n) is 9.15. The number of aromatic nitrogens is 3. The molecule has 2 fully saturated rings. The van der Waals surface area contributed by atoms with Crippen molar-refractivity contribution in [2.45, 2.75) is 45.1 Å². The van der Waals surface area contributed by atoms with Crippen molar-refractivity contribution in [1.29, 1.82) is 0 Å². The number of halogens is 2. The summed E-state index contributed by atoms with van der Waals surface area (Å²) >= 11 is 0. The minimum absolute atomic E-state index is 0. The van der Waals surface area contributed by atoms with Crippen LogP contribution in [0.25, 0.3) is 5.82 Å². The largest absolute Gasteiger partial charge is 0.327 e. The van der Waals surface area contributed by atoms with Crippen molar-refractivity contribution in [3.8, 4) is 5.82 Å². The zero-order valence-corrected chi connectivity index (χ0v) is 17.0. The van der Waals surface area contributed by atoms with Gasteiger partial charge in [0, 0.05) is 30.6 Å². The lowest BCUT2D eigenvalue weighted by atomic mass is 9.65. The number of nitrogens with zero attached hydrogens (tertiary/aromatic N) is 3. The minimum Gasteiger partial charge on any atom is -0.327 e. The maximum Gasteiger partial charge on any atom is 0.227 e. The highest BCUT2D eigenvalue weighted by Gasteiger charge is 2.40. The molecule has 0 aromatic carbocycles. The maximum absolute atomic E-state index is 12.9. The molecule has 0 spiro atoms. The lowest BCUT2D eigenvalue weighted by Gasteiger charge is -2.43. The van der Waals surface area contributed by atoms with E-state index in [1.165, 1.54) is 6.42 Å². The van der Waals surface area contributed by atoms with Crippen molar-refractivity contribution in [1.82, 2.24) is 14.5 Å². The van der Waals surface area contributed by atoms with Gasteiger partial charge in [0.05, 0.1) is 5.69 Å². The van der Waals surface area contributed by atoms with E-state index in [0.29, 0.717) is 17.7 Å². The second-order valence-corrected chi connectivity index (χ2v) is 7.41. The zero-order chi connectivity index (χ0) is 17.4. The van der Waals surface area contributed by atoms with Crippen LogP contribution in [0.1, 0.15) is 37.9 Å². The molecule has 2 aliphatic carbocycles. The van der Waals surface area contributed by atoms with Gasteiger partial charge in [-0.3, -0.25) is 9.36 Å². The van der Waals surface area contributed by atoms with Gasteiger partial charge in [0.15, 0.2) is 5.82 Å². The molecule has 2 atom stereocenters. The van der Waals surface area contributed by atoms with E-state index in [2.05, 4.69) is 15.3 Å². The number of carbonyl (C=O) groups excluding carboxylic acids is 1. The summed E-state index contributed by atoms with van der Waals surface area (Å²) in [4.78, 5) is 21.6. The summed E-state index contributed by atoms with van der Waals surface area (Å²) in [6, 6.07) is 4.02. The lowest BCUT2D eigenvalue weighted by molar-refractivity contribution is -0.122. The average molecular weight is 412 g/mol. The molecule has 2 heterocycles. The van der Waals surface area contributed by atoms with Crippen LogP contribution in [0.3, 0.4) is 0 Å². The summed E-state index contributed by atoms with van der Waals surface area (Å²) in [6.45, 7) is 1.92. The van der Waals surface area contributed by atoms with Crippen molar-refractivity contribution >= 4 is 36.4 Å². The minimum atomic E-state index is 0. The number of nitrogens with one attached hydrogen (secondary N) is 1. The van der Waals surface area contributed by atoms with Crippen molar-refractivity contribution in [2.75, 3.05) is 5.32 Å². The number of fused-ring (bicyclic) bond motifs is 2. The van der Waals surface area contributed by atoms with Crippen LogP contribution >= 0.6 is 24.8 Å². The van der Waals surface area contributed by atoms with Crippen LogP contribution in [0.4, 0.5) is 5.69 Å². The van der Waals surface area contributed by atoms with Gasteiger partial charge in [-0.15, -0.1) is 24.8 Å². The third-order valence-corrected chi connectivity index (χ3v) is 5.88. The molecule has 2 aromatic rings. The van der Waals surface area contributed by atoms with Crippen molar-refractivity contribution in [2.24, 2.45) is 23.5 Å². The summed E-state index contributed by atoms with van der Waals surface area (Å²) < 4.78 is 1.89. The molecule has 2 bridgehead atoms. The highest BCUT2D eigenvalue weighted by molar-refractivity contribution is 5.94. The van der Waals surface area contributed by atoms with Gasteiger partial charge in [-0.1, -0.05) is 6.42 Å². The normalized spacial score (nSPS) is 26.4. The van der Waals surface area contributed by atoms with E-state index in [9.17, 15) is 4.79 Å². The van der Waals surface area contributed by atoms with E-state index in [0.717, 1.165) is 37.2 Å². The Balaban J connectivity index is 0.00000131. The van der Waals surface area contributed by atoms with Crippen molar-refractivity contribution in [3.63, 3.8) is 0 Å². The Labute approximate surface area is 172 Å². The number of anilines is 1. The monoisotopic (exact) mass is 411 g/mol. The van der Waals surface area contributed by atoms with Crippen LogP contribution in [-0.2, 0) is 4.79 Å². The van der Waals surface area contributed by atoms with E-state index in [4.69, 9.17) is 5.73 Å². The third-order valence-electron chi connectivity index (χ3n) is 5.88. The number of imidazole rings is 1. The molecule has 6 nitrogen and oxygen atoms in total. The molecule has 27 heavy (non-hydrogen) atoms. The van der Waals surface area contributed by atoms with Gasteiger partial charge < -0.3 is 11.1 Å². The predicted molar refractivity (Wildman–Crippen MR) is 111 cm³/mol. The Hall–Kier alpha value is -1.63. The fourth-order valence-electron chi connectivity index (χ4n) is 4.53.